The Hall–Kier alpha value is -2.15. The van der Waals surface area contributed by atoms with E-state index in [9.17, 15) is 9.59 Å². The minimum absolute atomic E-state index is 0.0289. The summed E-state index contributed by atoms with van der Waals surface area (Å²) in [6, 6.07) is 6.70. The van der Waals surface area contributed by atoms with Crippen molar-refractivity contribution in [2.24, 2.45) is 0 Å². The van der Waals surface area contributed by atoms with Crippen molar-refractivity contribution in [3.63, 3.8) is 0 Å². The number of amides is 1. The number of carbonyl (C=O) groups excluding carboxylic acids is 2. The first-order valence-corrected chi connectivity index (χ1v) is 6.74. The summed E-state index contributed by atoms with van der Waals surface area (Å²) >= 11 is 5.05. The topological polar surface area (TPSA) is 67.9 Å². The highest BCUT2D eigenvalue weighted by Crippen LogP contribution is 2.12. The first kappa shape index (κ1) is 16.9. The lowest BCUT2D eigenvalue weighted by atomic mass is 10.2. The lowest BCUT2D eigenvalue weighted by Gasteiger charge is -2.18. The van der Waals surface area contributed by atoms with E-state index in [4.69, 9.17) is 17.0 Å². The Morgan fingerprint density at radius 1 is 1.29 bits per heavy atom. The highest BCUT2D eigenvalue weighted by molar-refractivity contribution is 7.80. The van der Waals surface area contributed by atoms with Gasteiger partial charge in [0, 0.05) is 12.6 Å². The molecule has 0 unspecified atom stereocenters. The number of hydrogen-bond donors (Lipinski definition) is 1. The molecule has 114 valence electrons. The van der Waals surface area contributed by atoms with E-state index in [2.05, 4.69) is 10.1 Å². The molecule has 0 bridgehead atoms. The van der Waals surface area contributed by atoms with Crippen molar-refractivity contribution in [2.45, 2.75) is 6.92 Å². The van der Waals surface area contributed by atoms with Gasteiger partial charge in [0.25, 0.3) is 5.91 Å². The zero-order valence-corrected chi connectivity index (χ0v) is 13.0. The van der Waals surface area contributed by atoms with Crippen LogP contribution in [0.4, 0.5) is 0 Å². The second kappa shape index (κ2) is 8.21. The number of nitrogens with zero attached hydrogens (tertiary/aromatic N) is 1. The fourth-order valence-corrected chi connectivity index (χ4v) is 1.62. The minimum Gasteiger partial charge on any atom is -0.494 e. The molecule has 0 aliphatic carbocycles. The molecule has 0 aliphatic heterocycles. The molecule has 0 atom stereocenters. The average molecular weight is 310 g/mol. The number of likely N-dealkylation sites (N-methyl/N-ethyl adjacent to an activating group) is 1. The average Bonchev–Trinajstić information content (AvgIpc) is 2.47. The quantitative estimate of drug-likeness (QED) is 0.651. The number of nitrogens with one attached hydrogen (secondary N) is 1. The maximum atomic E-state index is 12.0. The molecule has 0 radical (unpaired) electrons. The molecular formula is C14H18N2O4S. The van der Waals surface area contributed by atoms with Crippen molar-refractivity contribution < 1.29 is 19.1 Å². The van der Waals surface area contributed by atoms with Gasteiger partial charge in [-0.2, -0.15) is 0 Å². The predicted molar refractivity (Wildman–Crippen MR) is 82.3 cm³/mol. The van der Waals surface area contributed by atoms with Crippen LogP contribution in [-0.2, 0) is 9.53 Å². The van der Waals surface area contributed by atoms with Crippen molar-refractivity contribution >= 4 is 29.2 Å². The fraction of sp³-hybridized carbons (Fsp3) is 0.357. The summed E-state index contributed by atoms with van der Waals surface area (Å²) in [5.41, 5.74) is 0.451. The molecule has 7 heteroatoms. The first-order valence-electron chi connectivity index (χ1n) is 6.34. The van der Waals surface area contributed by atoms with Crippen LogP contribution in [0.5, 0.6) is 5.75 Å². The van der Waals surface area contributed by atoms with Gasteiger partial charge in [0.2, 0.25) is 0 Å². The van der Waals surface area contributed by atoms with Crippen LogP contribution in [0.2, 0.25) is 0 Å². The largest absolute Gasteiger partial charge is 0.494 e. The Bertz CT molecular complexity index is 516. The molecule has 1 N–H and O–H groups in total. The van der Waals surface area contributed by atoms with Crippen LogP contribution in [0.1, 0.15) is 17.3 Å². The second-order valence-electron chi connectivity index (χ2n) is 4.15. The molecule has 1 rings (SSSR count). The van der Waals surface area contributed by atoms with Gasteiger partial charge in [-0.3, -0.25) is 14.9 Å². The van der Waals surface area contributed by atoms with E-state index < -0.39 is 5.97 Å². The van der Waals surface area contributed by atoms with E-state index in [1.165, 1.54) is 12.0 Å². The van der Waals surface area contributed by atoms with Crippen molar-refractivity contribution in [1.29, 1.82) is 0 Å². The predicted octanol–water partition coefficient (Wildman–Crippen LogP) is 1.20. The van der Waals surface area contributed by atoms with E-state index in [-0.39, 0.29) is 17.6 Å². The third-order valence-corrected chi connectivity index (χ3v) is 3.00. The smallest absolute Gasteiger partial charge is 0.325 e. The molecule has 1 aromatic rings. The Labute approximate surface area is 129 Å². The van der Waals surface area contributed by atoms with Gasteiger partial charge in [-0.15, -0.1) is 0 Å². The Morgan fingerprint density at radius 3 is 2.43 bits per heavy atom. The summed E-state index contributed by atoms with van der Waals surface area (Å²) < 4.78 is 9.83. The molecule has 0 aromatic heterocycles. The molecule has 0 spiro atoms. The lowest BCUT2D eigenvalue weighted by molar-refractivity contribution is -0.140. The van der Waals surface area contributed by atoms with Gasteiger partial charge in [-0.1, -0.05) is 0 Å². The monoisotopic (exact) mass is 310 g/mol. The summed E-state index contributed by atoms with van der Waals surface area (Å²) in [4.78, 5) is 24.6. The fourth-order valence-electron chi connectivity index (χ4n) is 1.46. The van der Waals surface area contributed by atoms with Gasteiger partial charge in [0.1, 0.15) is 12.3 Å². The molecule has 0 saturated carbocycles. The second-order valence-corrected chi connectivity index (χ2v) is 4.54. The third kappa shape index (κ3) is 5.39. The molecule has 0 fully saturated rings. The highest BCUT2D eigenvalue weighted by atomic mass is 32.1. The van der Waals surface area contributed by atoms with E-state index in [0.717, 1.165) is 0 Å². The van der Waals surface area contributed by atoms with E-state index in [1.807, 2.05) is 6.92 Å². The summed E-state index contributed by atoms with van der Waals surface area (Å²) in [6.07, 6.45) is 0. The zero-order valence-electron chi connectivity index (χ0n) is 12.2. The minimum atomic E-state index is -0.435. The molecule has 1 aromatic carbocycles. The Kier molecular flexibility index (Phi) is 6.61. The summed E-state index contributed by atoms with van der Waals surface area (Å²) in [7, 11) is 2.88. The third-order valence-electron chi connectivity index (χ3n) is 2.59. The maximum Gasteiger partial charge on any atom is 0.325 e. The molecule has 0 heterocycles. The van der Waals surface area contributed by atoms with Crippen LogP contribution in [-0.4, -0.2) is 49.2 Å². The Balaban J connectivity index is 2.59. The van der Waals surface area contributed by atoms with Gasteiger partial charge in [-0.25, -0.2) is 0 Å². The van der Waals surface area contributed by atoms with E-state index in [1.54, 1.807) is 31.3 Å². The molecule has 0 aliphatic rings. The van der Waals surface area contributed by atoms with Gasteiger partial charge in [0.05, 0.1) is 13.7 Å². The Morgan fingerprint density at radius 2 is 1.90 bits per heavy atom. The van der Waals surface area contributed by atoms with E-state index in [0.29, 0.717) is 17.9 Å². The van der Waals surface area contributed by atoms with Gasteiger partial charge >= 0.3 is 5.97 Å². The number of thiocarbonyl (C=S) groups is 1. The molecule has 21 heavy (non-hydrogen) atoms. The SMILES string of the molecule is CCOc1ccc(C(=O)NC(=S)N(C)CC(=O)OC)cc1. The summed E-state index contributed by atoms with van der Waals surface area (Å²) in [5, 5.41) is 2.70. The molecule has 1 amide bonds. The van der Waals surface area contributed by atoms with Crippen LogP contribution in [0.15, 0.2) is 24.3 Å². The van der Waals surface area contributed by atoms with Crippen molar-refractivity contribution in [1.82, 2.24) is 10.2 Å². The summed E-state index contributed by atoms with van der Waals surface area (Å²) in [6.45, 7) is 2.42. The summed E-state index contributed by atoms with van der Waals surface area (Å²) in [5.74, 6) is -0.0885. The standard InChI is InChI=1S/C14H18N2O4S/c1-4-20-11-7-5-10(6-8-11)13(18)15-14(21)16(2)9-12(17)19-3/h5-8H,4,9H2,1-3H3,(H,15,18,21). The lowest BCUT2D eigenvalue weighted by Crippen LogP contribution is -2.42. The van der Waals surface area contributed by atoms with E-state index >= 15 is 0 Å². The van der Waals surface area contributed by atoms with Crippen molar-refractivity contribution in [3.8, 4) is 5.75 Å². The van der Waals surface area contributed by atoms with Crippen LogP contribution in [0.3, 0.4) is 0 Å². The van der Waals surface area contributed by atoms with Crippen LogP contribution in [0, 0.1) is 0 Å². The number of ether oxygens (including phenoxy) is 2. The van der Waals surface area contributed by atoms with Gasteiger partial charge < -0.3 is 14.4 Å². The van der Waals surface area contributed by atoms with Crippen molar-refractivity contribution in [2.75, 3.05) is 27.3 Å². The van der Waals surface area contributed by atoms with Gasteiger partial charge in [0.15, 0.2) is 5.11 Å². The van der Waals surface area contributed by atoms with Crippen molar-refractivity contribution in [3.05, 3.63) is 29.8 Å². The maximum absolute atomic E-state index is 12.0. The number of carbonyl (C=O) groups is 2. The molecular weight excluding hydrogens is 292 g/mol. The number of benzene rings is 1. The van der Waals surface area contributed by atoms with Gasteiger partial charge in [-0.05, 0) is 43.4 Å². The zero-order chi connectivity index (χ0) is 15.8. The number of hydrogen-bond acceptors (Lipinski definition) is 5. The normalized spacial score (nSPS) is 9.67. The molecule has 0 saturated heterocycles. The molecule has 6 nitrogen and oxygen atoms in total. The van der Waals surface area contributed by atoms with Crippen LogP contribution < -0.4 is 10.1 Å². The first-order chi connectivity index (χ1) is 9.97. The number of methoxy groups -OCH3 is 1. The highest BCUT2D eigenvalue weighted by Gasteiger charge is 2.13. The van der Waals surface area contributed by atoms with Crippen LogP contribution in [0.25, 0.3) is 0 Å². The van der Waals surface area contributed by atoms with Crippen LogP contribution >= 0.6 is 12.2 Å². The number of esters is 1. The number of rotatable bonds is 5.